The van der Waals surface area contributed by atoms with E-state index in [2.05, 4.69) is 13.8 Å². The van der Waals surface area contributed by atoms with Gasteiger partial charge in [0.25, 0.3) is 0 Å². The standard InChI is InChI=1S/C15H27NO3/c1-4-6-15(14(18)19)7-9-16(10-8-15)13(17)11-12(3)5-2/h12H,4-11H2,1-3H3,(H,18,19). The summed E-state index contributed by atoms with van der Waals surface area (Å²) in [6.45, 7) is 7.39. The fourth-order valence-electron chi connectivity index (χ4n) is 2.81. The molecule has 0 bridgehead atoms. The van der Waals surface area contributed by atoms with Gasteiger partial charge in [0.2, 0.25) is 5.91 Å². The molecule has 1 N–H and O–H groups in total. The smallest absolute Gasteiger partial charge is 0.309 e. The van der Waals surface area contributed by atoms with Gasteiger partial charge in [-0.2, -0.15) is 0 Å². The summed E-state index contributed by atoms with van der Waals surface area (Å²) in [7, 11) is 0. The van der Waals surface area contributed by atoms with Crippen molar-refractivity contribution in [2.45, 2.75) is 59.3 Å². The average Bonchev–Trinajstić information content (AvgIpc) is 2.39. The number of hydrogen-bond acceptors (Lipinski definition) is 2. The lowest BCUT2D eigenvalue weighted by molar-refractivity contribution is -0.155. The molecular formula is C15H27NO3. The van der Waals surface area contributed by atoms with Gasteiger partial charge in [-0.15, -0.1) is 0 Å². The summed E-state index contributed by atoms with van der Waals surface area (Å²) in [6, 6.07) is 0. The highest BCUT2D eigenvalue weighted by molar-refractivity contribution is 5.78. The third-order valence-corrected chi connectivity index (χ3v) is 4.48. The van der Waals surface area contributed by atoms with Crippen LogP contribution in [0.5, 0.6) is 0 Å². The van der Waals surface area contributed by atoms with Crippen molar-refractivity contribution in [3.05, 3.63) is 0 Å². The Morgan fingerprint density at radius 2 is 1.84 bits per heavy atom. The lowest BCUT2D eigenvalue weighted by Gasteiger charge is -2.39. The van der Waals surface area contributed by atoms with Crippen LogP contribution in [0.25, 0.3) is 0 Å². The molecule has 1 aliphatic rings. The monoisotopic (exact) mass is 269 g/mol. The lowest BCUT2D eigenvalue weighted by atomic mass is 9.75. The van der Waals surface area contributed by atoms with Crippen LogP contribution in [0, 0.1) is 11.3 Å². The Morgan fingerprint density at radius 3 is 2.26 bits per heavy atom. The quantitative estimate of drug-likeness (QED) is 0.806. The molecule has 0 saturated carbocycles. The summed E-state index contributed by atoms with van der Waals surface area (Å²) < 4.78 is 0. The zero-order valence-electron chi connectivity index (χ0n) is 12.4. The Labute approximate surface area is 116 Å². The number of carbonyl (C=O) groups excluding carboxylic acids is 1. The van der Waals surface area contributed by atoms with Gasteiger partial charge in [0.1, 0.15) is 0 Å². The van der Waals surface area contributed by atoms with Gasteiger partial charge >= 0.3 is 5.97 Å². The number of nitrogens with zero attached hydrogens (tertiary/aromatic N) is 1. The number of piperidine rings is 1. The van der Waals surface area contributed by atoms with Gasteiger partial charge in [-0.1, -0.05) is 33.6 Å². The molecule has 1 atom stereocenters. The first-order chi connectivity index (χ1) is 8.95. The average molecular weight is 269 g/mol. The van der Waals surface area contributed by atoms with Gasteiger partial charge in [-0.3, -0.25) is 9.59 Å². The second kappa shape index (κ2) is 6.92. The van der Waals surface area contributed by atoms with Crippen molar-refractivity contribution in [2.75, 3.05) is 13.1 Å². The number of rotatable bonds is 6. The van der Waals surface area contributed by atoms with Crippen molar-refractivity contribution in [1.29, 1.82) is 0 Å². The van der Waals surface area contributed by atoms with E-state index in [0.717, 1.165) is 19.3 Å². The minimum atomic E-state index is -0.691. The first kappa shape index (κ1) is 16.0. The summed E-state index contributed by atoms with van der Waals surface area (Å²) in [5.74, 6) is -0.0949. The first-order valence-corrected chi connectivity index (χ1v) is 7.46. The molecule has 1 amide bonds. The molecule has 1 rings (SSSR count). The SMILES string of the molecule is CCCC1(C(=O)O)CCN(C(=O)CC(C)CC)CC1. The van der Waals surface area contributed by atoms with Crippen LogP contribution >= 0.6 is 0 Å². The molecule has 0 aromatic carbocycles. The Hall–Kier alpha value is -1.06. The molecule has 1 aliphatic heterocycles. The summed E-state index contributed by atoms with van der Waals surface area (Å²) in [6.07, 6.45) is 4.40. The number of aliphatic carboxylic acids is 1. The fourth-order valence-corrected chi connectivity index (χ4v) is 2.81. The summed E-state index contributed by atoms with van der Waals surface area (Å²) in [5.41, 5.74) is -0.595. The Kier molecular flexibility index (Phi) is 5.83. The predicted molar refractivity (Wildman–Crippen MR) is 74.9 cm³/mol. The van der Waals surface area contributed by atoms with Gasteiger partial charge in [-0.05, 0) is 25.2 Å². The minimum absolute atomic E-state index is 0.185. The van der Waals surface area contributed by atoms with Crippen molar-refractivity contribution in [3.63, 3.8) is 0 Å². The minimum Gasteiger partial charge on any atom is -0.481 e. The third-order valence-electron chi connectivity index (χ3n) is 4.48. The van der Waals surface area contributed by atoms with E-state index in [1.807, 2.05) is 11.8 Å². The maximum Gasteiger partial charge on any atom is 0.309 e. The largest absolute Gasteiger partial charge is 0.481 e. The van der Waals surface area contributed by atoms with Crippen LogP contribution in [0.4, 0.5) is 0 Å². The van der Waals surface area contributed by atoms with Crippen LogP contribution in [0.2, 0.25) is 0 Å². The van der Waals surface area contributed by atoms with Crippen LogP contribution in [0.15, 0.2) is 0 Å². The summed E-state index contributed by atoms with van der Waals surface area (Å²) in [4.78, 5) is 25.4. The molecule has 0 spiro atoms. The molecule has 0 aliphatic carbocycles. The van der Waals surface area contributed by atoms with Crippen molar-refractivity contribution in [2.24, 2.45) is 11.3 Å². The van der Waals surface area contributed by atoms with Gasteiger partial charge < -0.3 is 10.0 Å². The highest BCUT2D eigenvalue weighted by Crippen LogP contribution is 2.36. The lowest BCUT2D eigenvalue weighted by Crippen LogP contribution is -2.46. The van der Waals surface area contributed by atoms with E-state index in [4.69, 9.17) is 0 Å². The summed E-state index contributed by atoms with van der Waals surface area (Å²) >= 11 is 0. The number of carboxylic acid groups (broad SMARTS) is 1. The second-order valence-electron chi connectivity index (χ2n) is 5.93. The number of carboxylic acids is 1. The van der Waals surface area contributed by atoms with E-state index >= 15 is 0 Å². The predicted octanol–water partition coefficient (Wildman–Crippen LogP) is 2.92. The van der Waals surface area contributed by atoms with Crippen molar-refractivity contribution in [1.82, 2.24) is 4.90 Å². The van der Waals surface area contributed by atoms with Crippen molar-refractivity contribution < 1.29 is 14.7 Å². The number of hydrogen-bond donors (Lipinski definition) is 1. The van der Waals surface area contributed by atoms with E-state index in [9.17, 15) is 14.7 Å². The van der Waals surface area contributed by atoms with Crippen molar-refractivity contribution >= 4 is 11.9 Å². The molecule has 0 aromatic rings. The van der Waals surface area contributed by atoms with E-state index < -0.39 is 11.4 Å². The maximum atomic E-state index is 12.1. The Morgan fingerprint density at radius 1 is 1.26 bits per heavy atom. The van der Waals surface area contributed by atoms with Gasteiger partial charge in [0.05, 0.1) is 5.41 Å². The molecule has 1 fully saturated rings. The van der Waals surface area contributed by atoms with Gasteiger partial charge in [0, 0.05) is 19.5 Å². The fraction of sp³-hybridized carbons (Fsp3) is 0.867. The zero-order chi connectivity index (χ0) is 14.5. The van der Waals surface area contributed by atoms with Crippen LogP contribution in [-0.4, -0.2) is 35.0 Å². The van der Waals surface area contributed by atoms with Gasteiger partial charge in [-0.25, -0.2) is 0 Å². The van der Waals surface area contributed by atoms with E-state index in [1.54, 1.807) is 0 Å². The zero-order valence-corrected chi connectivity index (χ0v) is 12.4. The molecule has 4 heteroatoms. The van der Waals surface area contributed by atoms with E-state index in [-0.39, 0.29) is 5.91 Å². The Bertz CT molecular complexity index is 319. The molecule has 1 saturated heterocycles. The normalized spacial score (nSPS) is 20.1. The molecule has 4 nitrogen and oxygen atoms in total. The Balaban J connectivity index is 2.55. The maximum absolute atomic E-state index is 12.1. The number of likely N-dealkylation sites (tertiary alicyclic amines) is 1. The number of amides is 1. The van der Waals surface area contributed by atoms with Crippen LogP contribution in [-0.2, 0) is 9.59 Å². The highest BCUT2D eigenvalue weighted by Gasteiger charge is 2.41. The summed E-state index contributed by atoms with van der Waals surface area (Å²) in [5, 5.41) is 9.42. The second-order valence-corrected chi connectivity index (χ2v) is 5.93. The molecule has 1 heterocycles. The highest BCUT2D eigenvalue weighted by atomic mass is 16.4. The topological polar surface area (TPSA) is 57.6 Å². The van der Waals surface area contributed by atoms with E-state index in [0.29, 0.717) is 38.3 Å². The molecule has 0 radical (unpaired) electrons. The number of carbonyl (C=O) groups is 2. The van der Waals surface area contributed by atoms with Gasteiger partial charge in [0.15, 0.2) is 0 Å². The molecule has 110 valence electrons. The van der Waals surface area contributed by atoms with Crippen molar-refractivity contribution in [3.8, 4) is 0 Å². The van der Waals surface area contributed by atoms with Crippen LogP contribution in [0.3, 0.4) is 0 Å². The van der Waals surface area contributed by atoms with Crippen LogP contribution < -0.4 is 0 Å². The molecule has 0 aromatic heterocycles. The van der Waals surface area contributed by atoms with E-state index in [1.165, 1.54) is 0 Å². The first-order valence-electron chi connectivity index (χ1n) is 7.46. The third kappa shape index (κ3) is 3.95. The molecule has 1 unspecified atom stereocenters. The molecular weight excluding hydrogens is 242 g/mol. The van der Waals surface area contributed by atoms with Crippen LogP contribution in [0.1, 0.15) is 59.3 Å². The molecule has 19 heavy (non-hydrogen) atoms.